The number of ketones is 1. The van der Waals surface area contributed by atoms with E-state index in [1.54, 1.807) is 0 Å². The number of anilines is 1. The molecule has 2 atom stereocenters. The Morgan fingerprint density at radius 3 is 2.76 bits per heavy atom. The summed E-state index contributed by atoms with van der Waals surface area (Å²) >= 11 is 0. The van der Waals surface area contributed by atoms with Crippen molar-refractivity contribution < 1.29 is 4.79 Å². The first-order valence-electron chi connectivity index (χ1n) is 6.48. The third-order valence-corrected chi connectivity index (χ3v) is 3.87. The fourth-order valence-electron chi connectivity index (χ4n) is 2.70. The number of carbonyl (C=O) groups is 1. The minimum absolute atomic E-state index is 0.209. The normalized spacial score (nSPS) is 24.6. The molecule has 1 aromatic carbocycles. The Morgan fingerprint density at radius 1 is 1.35 bits per heavy atom. The van der Waals surface area contributed by atoms with Gasteiger partial charge in [0.2, 0.25) is 0 Å². The third kappa shape index (κ3) is 2.68. The SMILES string of the molecule is Cc1ccc(C(=O)C2CCCC(C)C2)cc1N. The van der Waals surface area contributed by atoms with Gasteiger partial charge in [0, 0.05) is 17.2 Å². The average Bonchev–Trinajstić information content (AvgIpc) is 2.32. The number of hydrogen-bond acceptors (Lipinski definition) is 2. The predicted molar refractivity (Wildman–Crippen MR) is 71.0 cm³/mol. The van der Waals surface area contributed by atoms with E-state index < -0.39 is 0 Å². The fourth-order valence-corrected chi connectivity index (χ4v) is 2.70. The zero-order valence-corrected chi connectivity index (χ0v) is 10.7. The molecule has 0 spiro atoms. The highest BCUT2D eigenvalue weighted by molar-refractivity contribution is 5.98. The van der Waals surface area contributed by atoms with Crippen molar-refractivity contribution in [3.63, 3.8) is 0 Å². The number of carbonyl (C=O) groups excluding carboxylic acids is 1. The lowest BCUT2D eigenvalue weighted by molar-refractivity contribution is 0.0868. The number of benzene rings is 1. The molecular weight excluding hydrogens is 210 g/mol. The monoisotopic (exact) mass is 231 g/mol. The van der Waals surface area contributed by atoms with Gasteiger partial charge in [0.15, 0.2) is 5.78 Å². The summed E-state index contributed by atoms with van der Waals surface area (Å²) in [7, 11) is 0. The highest BCUT2D eigenvalue weighted by Gasteiger charge is 2.25. The Balaban J connectivity index is 2.15. The maximum atomic E-state index is 12.4. The molecule has 17 heavy (non-hydrogen) atoms. The lowest BCUT2D eigenvalue weighted by Gasteiger charge is -2.25. The molecule has 0 aliphatic heterocycles. The summed E-state index contributed by atoms with van der Waals surface area (Å²) < 4.78 is 0. The van der Waals surface area contributed by atoms with Gasteiger partial charge in [-0.05, 0) is 37.3 Å². The minimum atomic E-state index is 0.209. The van der Waals surface area contributed by atoms with Crippen LogP contribution >= 0.6 is 0 Å². The molecule has 0 aromatic heterocycles. The van der Waals surface area contributed by atoms with E-state index in [1.807, 2.05) is 25.1 Å². The van der Waals surface area contributed by atoms with Crippen LogP contribution in [0.15, 0.2) is 18.2 Å². The Hall–Kier alpha value is -1.31. The van der Waals surface area contributed by atoms with Crippen molar-refractivity contribution in [2.24, 2.45) is 11.8 Å². The summed E-state index contributed by atoms with van der Waals surface area (Å²) in [5, 5.41) is 0. The molecule has 0 amide bonds. The van der Waals surface area contributed by atoms with Crippen LogP contribution in [0.1, 0.15) is 48.5 Å². The molecule has 0 radical (unpaired) electrons. The zero-order valence-electron chi connectivity index (χ0n) is 10.7. The summed E-state index contributed by atoms with van der Waals surface area (Å²) in [6, 6.07) is 5.68. The molecule has 1 aromatic rings. The van der Waals surface area contributed by atoms with E-state index in [0.717, 1.165) is 29.7 Å². The van der Waals surface area contributed by atoms with Crippen LogP contribution in [0.4, 0.5) is 5.69 Å². The molecule has 0 heterocycles. The van der Waals surface area contributed by atoms with Gasteiger partial charge in [0.05, 0.1) is 0 Å². The Kier molecular flexibility index (Phi) is 3.51. The summed E-state index contributed by atoms with van der Waals surface area (Å²) in [5.74, 6) is 1.17. The highest BCUT2D eigenvalue weighted by atomic mass is 16.1. The van der Waals surface area contributed by atoms with E-state index >= 15 is 0 Å². The van der Waals surface area contributed by atoms with Crippen molar-refractivity contribution in [3.05, 3.63) is 29.3 Å². The number of hydrogen-bond donors (Lipinski definition) is 1. The molecule has 1 saturated carbocycles. The van der Waals surface area contributed by atoms with Crippen molar-refractivity contribution in [3.8, 4) is 0 Å². The van der Waals surface area contributed by atoms with Gasteiger partial charge in [0.1, 0.15) is 0 Å². The van der Waals surface area contributed by atoms with E-state index in [4.69, 9.17) is 5.73 Å². The Labute approximate surface area is 103 Å². The van der Waals surface area contributed by atoms with Gasteiger partial charge in [0.25, 0.3) is 0 Å². The van der Waals surface area contributed by atoms with Crippen molar-refractivity contribution in [2.75, 3.05) is 5.73 Å². The molecular formula is C15H21NO. The second-order valence-corrected chi connectivity index (χ2v) is 5.40. The average molecular weight is 231 g/mol. The Bertz CT molecular complexity index is 425. The molecule has 2 unspecified atom stereocenters. The molecule has 2 rings (SSSR count). The number of nitrogen functional groups attached to an aromatic ring is 1. The third-order valence-electron chi connectivity index (χ3n) is 3.87. The van der Waals surface area contributed by atoms with E-state index in [1.165, 1.54) is 12.8 Å². The quantitative estimate of drug-likeness (QED) is 0.624. The van der Waals surface area contributed by atoms with Gasteiger partial charge in [-0.1, -0.05) is 31.9 Å². The smallest absolute Gasteiger partial charge is 0.166 e. The lowest BCUT2D eigenvalue weighted by Crippen LogP contribution is -2.22. The van der Waals surface area contributed by atoms with Gasteiger partial charge in [-0.15, -0.1) is 0 Å². The van der Waals surface area contributed by atoms with Crippen molar-refractivity contribution >= 4 is 11.5 Å². The highest BCUT2D eigenvalue weighted by Crippen LogP contribution is 2.31. The summed E-state index contributed by atoms with van der Waals surface area (Å²) in [6.07, 6.45) is 4.52. The van der Waals surface area contributed by atoms with Crippen molar-refractivity contribution in [1.29, 1.82) is 0 Å². The van der Waals surface area contributed by atoms with Crippen LogP contribution in [0.2, 0.25) is 0 Å². The van der Waals surface area contributed by atoms with Gasteiger partial charge < -0.3 is 5.73 Å². The number of Topliss-reactive ketones (excluding diaryl/α,β-unsaturated/α-hetero) is 1. The van der Waals surface area contributed by atoms with E-state index in [9.17, 15) is 4.79 Å². The number of nitrogens with two attached hydrogens (primary N) is 1. The maximum Gasteiger partial charge on any atom is 0.166 e. The van der Waals surface area contributed by atoms with Crippen LogP contribution < -0.4 is 5.73 Å². The fraction of sp³-hybridized carbons (Fsp3) is 0.533. The van der Waals surface area contributed by atoms with Crippen LogP contribution in [0, 0.1) is 18.8 Å². The van der Waals surface area contributed by atoms with Gasteiger partial charge >= 0.3 is 0 Å². The Morgan fingerprint density at radius 2 is 2.12 bits per heavy atom. The molecule has 0 bridgehead atoms. The topological polar surface area (TPSA) is 43.1 Å². The molecule has 1 aliphatic carbocycles. The molecule has 2 N–H and O–H groups in total. The number of rotatable bonds is 2. The van der Waals surface area contributed by atoms with Crippen LogP contribution in [0.25, 0.3) is 0 Å². The zero-order chi connectivity index (χ0) is 12.4. The molecule has 2 heteroatoms. The molecule has 1 aliphatic rings. The van der Waals surface area contributed by atoms with E-state index in [0.29, 0.717) is 5.92 Å². The summed E-state index contributed by atoms with van der Waals surface area (Å²) in [6.45, 7) is 4.20. The van der Waals surface area contributed by atoms with Crippen LogP contribution in [0.3, 0.4) is 0 Å². The summed E-state index contributed by atoms with van der Waals surface area (Å²) in [4.78, 5) is 12.4. The van der Waals surface area contributed by atoms with Crippen LogP contribution in [-0.4, -0.2) is 5.78 Å². The first-order chi connectivity index (χ1) is 8.08. The van der Waals surface area contributed by atoms with Crippen molar-refractivity contribution in [2.45, 2.75) is 39.5 Å². The lowest BCUT2D eigenvalue weighted by atomic mass is 9.78. The van der Waals surface area contributed by atoms with Crippen LogP contribution in [-0.2, 0) is 0 Å². The molecule has 1 fully saturated rings. The van der Waals surface area contributed by atoms with Crippen molar-refractivity contribution in [1.82, 2.24) is 0 Å². The number of aryl methyl sites for hydroxylation is 1. The predicted octanol–water partition coefficient (Wildman–Crippen LogP) is 3.59. The van der Waals surface area contributed by atoms with E-state index in [2.05, 4.69) is 6.92 Å². The standard InChI is InChI=1S/C15H21NO/c1-10-4-3-5-12(8-10)15(17)13-7-6-11(2)14(16)9-13/h6-7,9-10,12H,3-5,8,16H2,1-2H3. The first-order valence-corrected chi connectivity index (χ1v) is 6.48. The first kappa shape index (κ1) is 12.2. The van der Waals surface area contributed by atoms with Gasteiger partial charge in [-0.3, -0.25) is 4.79 Å². The molecule has 2 nitrogen and oxygen atoms in total. The minimum Gasteiger partial charge on any atom is -0.398 e. The molecule has 92 valence electrons. The van der Waals surface area contributed by atoms with Crippen LogP contribution in [0.5, 0.6) is 0 Å². The molecule has 0 saturated heterocycles. The largest absolute Gasteiger partial charge is 0.398 e. The van der Waals surface area contributed by atoms with Gasteiger partial charge in [-0.2, -0.15) is 0 Å². The second kappa shape index (κ2) is 4.91. The maximum absolute atomic E-state index is 12.4. The second-order valence-electron chi connectivity index (χ2n) is 5.40. The van der Waals surface area contributed by atoms with Gasteiger partial charge in [-0.25, -0.2) is 0 Å². The summed E-state index contributed by atoms with van der Waals surface area (Å²) in [5.41, 5.74) is 8.41. The van der Waals surface area contributed by atoms with E-state index in [-0.39, 0.29) is 11.7 Å².